The average molecular weight is 269 g/mol. The first kappa shape index (κ1) is 12.3. The SMILES string of the molecule is COc1ccc(-c2oc(N)nc2C(=O)O)cc1Cl. The van der Waals surface area contributed by atoms with Gasteiger partial charge in [-0.15, -0.1) is 0 Å². The molecule has 0 saturated carbocycles. The zero-order chi connectivity index (χ0) is 13.3. The van der Waals surface area contributed by atoms with Crippen molar-refractivity contribution in [3.63, 3.8) is 0 Å². The number of hydrogen-bond acceptors (Lipinski definition) is 5. The fraction of sp³-hybridized carbons (Fsp3) is 0.0909. The predicted molar refractivity (Wildman–Crippen MR) is 64.9 cm³/mol. The number of carboxylic acid groups (broad SMARTS) is 1. The highest BCUT2D eigenvalue weighted by atomic mass is 35.5. The molecular weight excluding hydrogens is 260 g/mol. The third-order valence-electron chi connectivity index (χ3n) is 2.26. The molecule has 7 heteroatoms. The molecule has 1 aromatic carbocycles. The number of carbonyl (C=O) groups is 1. The molecule has 0 fully saturated rings. The van der Waals surface area contributed by atoms with E-state index in [-0.39, 0.29) is 17.5 Å². The van der Waals surface area contributed by atoms with Gasteiger partial charge in [-0.2, -0.15) is 4.98 Å². The third kappa shape index (κ3) is 2.10. The lowest BCUT2D eigenvalue weighted by Gasteiger charge is -2.04. The van der Waals surface area contributed by atoms with Crippen LogP contribution in [0.1, 0.15) is 10.5 Å². The molecule has 0 spiro atoms. The fourth-order valence-electron chi connectivity index (χ4n) is 1.48. The summed E-state index contributed by atoms with van der Waals surface area (Å²) < 4.78 is 10.1. The number of methoxy groups -OCH3 is 1. The highest BCUT2D eigenvalue weighted by molar-refractivity contribution is 6.32. The van der Waals surface area contributed by atoms with E-state index in [0.29, 0.717) is 16.3 Å². The Balaban J connectivity index is 2.55. The summed E-state index contributed by atoms with van der Waals surface area (Å²) in [6.45, 7) is 0. The van der Waals surface area contributed by atoms with Crippen molar-refractivity contribution in [1.82, 2.24) is 4.98 Å². The van der Waals surface area contributed by atoms with Gasteiger partial charge >= 0.3 is 5.97 Å². The molecule has 0 radical (unpaired) electrons. The molecule has 2 aromatic rings. The maximum Gasteiger partial charge on any atom is 0.358 e. The van der Waals surface area contributed by atoms with Crippen LogP contribution in [0.4, 0.5) is 6.01 Å². The zero-order valence-electron chi connectivity index (χ0n) is 9.31. The van der Waals surface area contributed by atoms with Crippen LogP contribution in [0.2, 0.25) is 5.02 Å². The minimum atomic E-state index is -1.22. The molecule has 0 amide bonds. The second-order valence-electron chi connectivity index (χ2n) is 3.38. The van der Waals surface area contributed by atoms with Gasteiger partial charge in [0.05, 0.1) is 12.1 Å². The summed E-state index contributed by atoms with van der Waals surface area (Å²) in [5, 5.41) is 9.31. The Morgan fingerprint density at radius 1 is 1.56 bits per heavy atom. The molecule has 6 nitrogen and oxygen atoms in total. The van der Waals surface area contributed by atoms with Crippen LogP contribution in [0.25, 0.3) is 11.3 Å². The number of nitrogens with two attached hydrogens (primary N) is 1. The molecule has 0 saturated heterocycles. The van der Waals surface area contributed by atoms with Crippen LogP contribution in [0.3, 0.4) is 0 Å². The Labute approximate surface area is 107 Å². The van der Waals surface area contributed by atoms with Crippen molar-refractivity contribution in [2.24, 2.45) is 0 Å². The summed E-state index contributed by atoms with van der Waals surface area (Å²) in [4.78, 5) is 14.6. The van der Waals surface area contributed by atoms with E-state index in [1.807, 2.05) is 0 Å². The van der Waals surface area contributed by atoms with Crippen LogP contribution in [0.5, 0.6) is 5.75 Å². The third-order valence-corrected chi connectivity index (χ3v) is 2.56. The quantitative estimate of drug-likeness (QED) is 0.886. The van der Waals surface area contributed by atoms with Crippen molar-refractivity contribution in [3.05, 3.63) is 28.9 Å². The van der Waals surface area contributed by atoms with Gasteiger partial charge in [0.15, 0.2) is 11.5 Å². The smallest absolute Gasteiger partial charge is 0.358 e. The number of aromatic nitrogens is 1. The largest absolute Gasteiger partial charge is 0.495 e. The predicted octanol–water partition coefficient (Wildman–Crippen LogP) is 2.28. The van der Waals surface area contributed by atoms with Gasteiger partial charge in [-0.1, -0.05) is 11.6 Å². The monoisotopic (exact) mass is 268 g/mol. The van der Waals surface area contributed by atoms with Gasteiger partial charge in [0.25, 0.3) is 6.01 Å². The minimum Gasteiger partial charge on any atom is -0.495 e. The van der Waals surface area contributed by atoms with Gasteiger partial charge in [-0.3, -0.25) is 0 Å². The molecule has 1 aromatic heterocycles. The van der Waals surface area contributed by atoms with Gasteiger partial charge in [0.2, 0.25) is 0 Å². The molecule has 0 unspecified atom stereocenters. The molecule has 94 valence electrons. The topological polar surface area (TPSA) is 98.6 Å². The number of aromatic carboxylic acids is 1. The van der Waals surface area contributed by atoms with Crippen LogP contribution in [0.15, 0.2) is 22.6 Å². The first-order valence-electron chi connectivity index (χ1n) is 4.86. The molecule has 18 heavy (non-hydrogen) atoms. The van der Waals surface area contributed by atoms with Gasteiger partial charge in [0.1, 0.15) is 5.75 Å². The van der Waals surface area contributed by atoms with E-state index in [4.69, 9.17) is 31.6 Å². The standard InChI is InChI=1S/C11H9ClN2O4/c1-17-7-3-2-5(4-6(7)12)9-8(10(15)16)14-11(13)18-9/h2-4H,1H3,(H2,13,14)(H,15,16). The van der Waals surface area contributed by atoms with Crippen molar-refractivity contribution in [1.29, 1.82) is 0 Å². The molecule has 0 atom stereocenters. The van der Waals surface area contributed by atoms with E-state index in [9.17, 15) is 4.79 Å². The van der Waals surface area contributed by atoms with Gasteiger partial charge in [-0.05, 0) is 18.2 Å². The number of carboxylic acids is 1. The van der Waals surface area contributed by atoms with Crippen LogP contribution >= 0.6 is 11.6 Å². The Hall–Kier alpha value is -2.21. The number of halogens is 1. The van der Waals surface area contributed by atoms with E-state index in [2.05, 4.69) is 4.98 Å². The number of ether oxygens (including phenoxy) is 1. The van der Waals surface area contributed by atoms with Crippen molar-refractivity contribution < 1.29 is 19.1 Å². The number of benzene rings is 1. The second kappa shape index (κ2) is 4.58. The van der Waals surface area contributed by atoms with Crippen LogP contribution in [-0.2, 0) is 0 Å². The van der Waals surface area contributed by atoms with E-state index in [1.165, 1.54) is 13.2 Å². The van der Waals surface area contributed by atoms with Crippen LogP contribution in [-0.4, -0.2) is 23.2 Å². The van der Waals surface area contributed by atoms with E-state index in [1.54, 1.807) is 12.1 Å². The van der Waals surface area contributed by atoms with Gasteiger partial charge in [0, 0.05) is 5.56 Å². The first-order chi connectivity index (χ1) is 8.52. The highest BCUT2D eigenvalue weighted by Gasteiger charge is 2.20. The van der Waals surface area contributed by atoms with Crippen molar-refractivity contribution in [3.8, 4) is 17.1 Å². The molecular formula is C11H9ClN2O4. The number of hydrogen-bond donors (Lipinski definition) is 2. The number of nitrogens with zero attached hydrogens (tertiary/aromatic N) is 1. The van der Waals surface area contributed by atoms with Crippen molar-refractivity contribution >= 4 is 23.6 Å². The lowest BCUT2D eigenvalue weighted by atomic mass is 10.1. The molecule has 0 bridgehead atoms. The molecule has 3 N–H and O–H groups in total. The molecule has 0 aliphatic carbocycles. The lowest BCUT2D eigenvalue weighted by molar-refractivity contribution is 0.0691. The zero-order valence-corrected chi connectivity index (χ0v) is 10.1. The van der Waals surface area contributed by atoms with Crippen LogP contribution < -0.4 is 10.5 Å². The van der Waals surface area contributed by atoms with E-state index < -0.39 is 5.97 Å². The van der Waals surface area contributed by atoms with Crippen molar-refractivity contribution in [2.45, 2.75) is 0 Å². The summed E-state index contributed by atoms with van der Waals surface area (Å²) in [6, 6.07) is 4.51. The highest BCUT2D eigenvalue weighted by Crippen LogP contribution is 2.32. The van der Waals surface area contributed by atoms with E-state index >= 15 is 0 Å². The summed E-state index contributed by atoms with van der Waals surface area (Å²) in [5.41, 5.74) is 5.55. The summed E-state index contributed by atoms with van der Waals surface area (Å²) in [6.07, 6.45) is 0. The lowest BCUT2D eigenvalue weighted by Crippen LogP contribution is -1.99. The number of anilines is 1. The summed E-state index contributed by atoms with van der Waals surface area (Å²) in [5.74, 6) is -0.688. The average Bonchev–Trinajstić information content (AvgIpc) is 2.71. The Morgan fingerprint density at radius 3 is 2.83 bits per heavy atom. The normalized spacial score (nSPS) is 10.3. The van der Waals surface area contributed by atoms with Gasteiger partial charge < -0.3 is 20.0 Å². The maximum absolute atomic E-state index is 11.0. The number of rotatable bonds is 3. The molecule has 0 aliphatic heterocycles. The number of oxazole rings is 1. The number of nitrogen functional groups attached to an aromatic ring is 1. The molecule has 2 rings (SSSR count). The van der Waals surface area contributed by atoms with Crippen LogP contribution in [0, 0.1) is 0 Å². The van der Waals surface area contributed by atoms with E-state index in [0.717, 1.165) is 0 Å². The first-order valence-corrected chi connectivity index (χ1v) is 5.24. The minimum absolute atomic E-state index is 0.0598. The van der Waals surface area contributed by atoms with Crippen molar-refractivity contribution in [2.75, 3.05) is 12.8 Å². The Kier molecular flexibility index (Phi) is 3.12. The Morgan fingerprint density at radius 2 is 2.28 bits per heavy atom. The Bertz CT molecular complexity index is 609. The summed E-state index contributed by atoms with van der Waals surface area (Å²) >= 11 is 5.95. The summed E-state index contributed by atoms with van der Waals surface area (Å²) in [7, 11) is 1.48. The molecule has 1 heterocycles. The fourth-order valence-corrected chi connectivity index (χ4v) is 1.74. The van der Waals surface area contributed by atoms with Gasteiger partial charge in [-0.25, -0.2) is 4.79 Å². The maximum atomic E-state index is 11.0. The molecule has 0 aliphatic rings. The second-order valence-corrected chi connectivity index (χ2v) is 3.79.